The van der Waals surface area contributed by atoms with Crippen LogP contribution in [0.2, 0.25) is 0 Å². The molecule has 1 saturated heterocycles. The molecule has 1 fully saturated rings. The summed E-state index contributed by atoms with van der Waals surface area (Å²) in [6, 6.07) is 18.0. The van der Waals surface area contributed by atoms with Gasteiger partial charge in [-0.05, 0) is 61.3 Å². The van der Waals surface area contributed by atoms with E-state index >= 15 is 0 Å². The Bertz CT molecular complexity index is 777. The van der Waals surface area contributed by atoms with Gasteiger partial charge < -0.3 is 0 Å². The number of benzene rings is 2. The normalized spacial score (nSPS) is 16.7. The summed E-state index contributed by atoms with van der Waals surface area (Å²) < 4.78 is 27.4. The van der Waals surface area contributed by atoms with Crippen LogP contribution >= 0.6 is 0 Å². The number of piperidine rings is 1. The van der Waals surface area contributed by atoms with Crippen LogP contribution in [0.5, 0.6) is 0 Å². The van der Waals surface area contributed by atoms with Crippen LogP contribution in [0.25, 0.3) is 0 Å². The SMILES string of the molecule is CCCc1ccc(S(=O)(=O)N2CCC(CCc3ccccc3)CC2)cc1. The Kier molecular flexibility index (Phi) is 6.49. The van der Waals surface area contributed by atoms with Crippen molar-refractivity contribution in [3.05, 3.63) is 65.7 Å². The van der Waals surface area contributed by atoms with E-state index in [0.717, 1.165) is 38.5 Å². The number of nitrogens with zero attached hydrogens (tertiary/aromatic N) is 1. The summed E-state index contributed by atoms with van der Waals surface area (Å²) in [4.78, 5) is 0.431. The lowest BCUT2D eigenvalue weighted by molar-refractivity contribution is 0.263. The second-order valence-corrected chi connectivity index (χ2v) is 9.20. The molecule has 0 amide bonds. The standard InChI is InChI=1S/C22H29NO2S/c1-2-6-19-11-13-22(14-12-19)26(24,25)23-17-15-21(16-18-23)10-9-20-7-4-3-5-8-20/h3-5,7-8,11-14,21H,2,6,9-10,15-18H2,1H3. The molecular weight excluding hydrogens is 342 g/mol. The Morgan fingerprint density at radius 1 is 0.885 bits per heavy atom. The van der Waals surface area contributed by atoms with Crippen LogP contribution in [0.3, 0.4) is 0 Å². The van der Waals surface area contributed by atoms with Crippen molar-refractivity contribution >= 4 is 10.0 Å². The van der Waals surface area contributed by atoms with Crippen molar-refractivity contribution in [2.24, 2.45) is 5.92 Å². The first-order chi connectivity index (χ1) is 12.6. The van der Waals surface area contributed by atoms with E-state index in [1.807, 2.05) is 18.2 Å². The monoisotopic (exact) mass is 371 g/mol. The first-order valence-corrected chi connectivity index (χ1v) is 11.2. The van der Waals surface area contributed by atoms with E-state index in [2.05, 4.69) is 31.2 Å². The Morgan fingerprint density at radius 3 is 2.12 bits per heavy atom. The van der Waals surface area contributed by atoms with Gasteiger partial charge in [-0.2, -0.15) is 4.31 Å². The van der Waals surface area contributed by atoms with Gasteiger partial charge in [-0.1, -0.05) is 55.8 Å². The maximum Gasteiger partial charge on any atom is 0.243 e. The molecule has 26 heavy (non-hydrogen) atoms. The van der Waals surface area contributed by atoms with Crippen molar-refractivity contribution < 1.29 is 8.42 Å². The van der Waals surface area contributed by atoms with E-state index in [4.69, 9.17) is 0 Å². The summed E-state index contributed by atoms with van der Waals surface area (Å²) >= 11 is 0. The molecule has 0 radical (unpaired) electrons. The summed E-state index contributed by atoms with van der Waals surface area (Å²) in [5.41, 5.74) is 2.57. The largest absolute Gasteiger partial charge is 0.243 e. The Balaban J connectivity index is 1.54. The molecule has 0 aliphatic carbocycles. The smallest absolute Gasteiger partial charge is 0.207 e. The zero-order chi connectivity index (χ0) is 18.4. The third kappa shape index (κ3) is 4.74. The van der Waals surface area contributed by atoms with Gasteiger partial charge in [0.2, 0.25) is 10.0 Å². The zero-order valence-electron chi connectivity index (χ0n) is 15.6. The van der Waals surface area contributed by atoms with Crippen LogP contribution in [0.4, 0.5) is 0 Å². The van der Waals surface area contributed by atoms with E-state index in [-0.39, 0.29) is 0 Å². The molecule has 3 nitrogen and oxygen atoms in total. The Morgan fingerprint density at radius 2 is 1.50 bits per heavy atom. The van der Waals surface area contributed by atoms with Crippen molar-refractivity contribution in [3.8, 4) is 0 Å². The van der Waals surface area contributed by atoms with Gasteiger partial charge in [0.1, 0.15) is 0 Å². The first-order valence-electron chi connectivity index (χ1n) is 9.72. The fourth-order valence-electron chi connectivity index (χ4n) is 3.72. The van der Waals surface area contributed by atoms with Crippen molar-refractivity contribution in [2.75, 3.05) is 13.1 Å². The van der Waals surface area contributed by atoms with Gasteiger partial charge in [-0.15, -0.1) is 0 Å². The van der Waals surface area contributed by atoms with Gasteiger partial charge in [0.05, 0.1) is 4.90 Å². The number of hydrogen-bond donors (Lipinski definition) is 0. The highest BCUT2D eigenvalue weighted by Crippen LogP contribution is 2.27. The summed E-state index contributed by atoms with van der Waals surface area (Å²) in [7, 11) is -3.35. The molecule has 1 heterocycles. The third-order valence-electron chi connectivity index (χ3n) is 5.36. The molecule has 1 aliphatic rings. The molecule has 0 saturated carbocycles. The molecule has 4 heteroatoms. The number of rotatable bonds is 7. The molecule has 0 unspecified atom stereocenters. The molecular formula is C22H29NO2S. The molecule has 2 aromatic carbocycles. The molecule has 0 aromatic heterocycles. The predicted octanol–water partition coefficient (Wildman–Crippen LogP) is 4.67. The van der Waals surface area contributed by atoms with Crippen LogP contribution in [0, 0.1) is 5.92 Å². The van der Waals surface area contributed by atoms with Crippen LogP contribution in [-0.4, -0.2) is 25.8 Å². The zero-order valence-corrected chi connectivity index (χ0v) is 16.4. The summed E-state index contributed by atoms with van der Waals surface area (Å²) in [5, 5.41) is 0. The minimum atomic E-state index is -3.35. The predicted molar refractivity (Wildman–Crippen MR) is 107 cm³/mol. The lowest BCUT2D eigenvalue weighted by Gasteiger charge is -2.31. The van der Waals surface area contributed by atoms with E-state index < -0.39 is 10.0 Å². The van der Waals surface area contributed by atoms with Gasteiger partial charge in [-0.25, -0.2) is 8.42 Å². The van der Waals surface area contributed by atoms with Gasteiger partial charge in [0, 0.05) is 13.1 Å². The lowest BCUT2D eigenvalue weighted by atomic mass is 9.91. The van der Waals surface area contributed by atoms with Crippen molar-refractivity contribution in [3.63, 3.8) is 0 Å². The van der Waals surface area contributed by atoms with E-state index in [1.165, 1.54) is 11.1 Å². The van der Waals surface area contributed by atoms with E-state index in [0.29, 0.717) is 23.9 Å². The van der Waals surface area contributed by atoms with Crippen molar-refractivity contribution in [1.82, 2.24) is 4.31 Å². The first kappa shape index (κ1) is 19.1. The van der Waals surface area contributed by atoms with Gasteiger partial charge in [0.15, 0.2) is 0 Å². The maximum absolute atomic E-state index is 12.9. The maximum atomic E-state index is 12.9. The molecule has 1 aliphatic heterocycles. The Hall–Kier alpha value is -1.65. The molecule has 0 atom stereocenters. The van der Waals surface area contributed by atoms with Gasteiger partial charge >= 0.3 is 0 Å². The molecule has 3 rings (SSSR count). The molecule has 0 N–H and O–H groups in total. The third-order valence-corrected chi connectivity index (χ3v) is 7.27. The average molecular weight is 372 g/mol. The van der Waals surface area contributed by atoms with Gasteiger partial charge in [0.25, 0.3) is 0 Å². The highest BCUT2D eigenvalue weighted by Gasteiger charge is 2.29. The van der Waals surface area contributed by atoms with Crippen LogP contribution < -0.4 is 0 Å². The number of hydrogen-bond acceptors (Lipinski definition) is 2. The minimum Gasteiger partial charge on any atom is -0.207 e. The summed E-state index contributed by atoms with van der Waals surface area (Å²) in [6.45, 7) is 3.41. The molecule has 140 valence electrons. The second kappa shape index (κ2) is 8.83. The van der Waals surface area contributed by atoms with Crippen LogP contribution in [-0.2, 0) is 22.9 Å². The second-order valence-electron chi connectivity index (χ2n) is 7.27. The molecule has 0 bridgehead atoms. The topological polar surface area (TPSA) is 37.4 Å². The summed E-state index contributed by atoms with van der Waals surface area (Å²) in [6.07, 6.45) is 6.20. The molecule has 2 aromatic rings. The summed E-state index contributed by atoms with van der Waals surface area (Å²) in [5.74, 6) is 0.619. The fraction of sp³-hybridized carbons (Fsp3) is 0.455. The number of sulfonamides is 1. The van der Waals surface area contributed by atoms with E-state index in [1.54, 1.807) is 16.4 Å². The highest BCUT2D eigenvalue weighted by atomic mass is 32.2. The fourth-order valence-corrected chi connectivity index (χ4v) is 5.19. The quantitative estimate of drug-likeness (QED) is 0.709. The van der Waals surface area contributed by atoms with E-state index in [9.17, 15) is 8.42 Å². The van der Waals surface area contributed by atoms with Crippen LogP contribution in [0.1, 0.15) is 43.7 Å². The van der Waals surface area contributed by atoms with Crippen molar-refractivity contribution in [2.45, 2.75) is 50.3 Å². The van der Waals surface area contributed by atoms with Gasteiger partial charge in [-0.3, -0.25) is 0 Å². The van der Waals surface area contributed by atoms with Crippen LogP contribution in [0.15, 0.2) is 59.5 Å². The molecule has 0 spiro atoms. The average Bonchev–Trinajstić information content (AvgIpc) is 2.68. The minimum absolute atomic E-state index is 0.431. The highest BCUT2D eigenvalue weighted by molar-refractivity contribution is 7.89. The Labute approximate surface area is 158 Å². The van der Waals surface area contributed by atoms with Crippen molar-refractivity contribution in [1.29, 1.82) is 0 Å². The number of aryl methyl sites for hydroxylation is 2. The lowest BCUT2D eigenvalue weighted by Crippen LogP contribution is -2.38.